The van der Waals surface area contributed by atoms with Crippen LogP contribution in [0.15, 0.2) is 0 Å². The van der Waals surface area contributed by atoms with Gasteiger partial charge in [0.15, 0.2) is 0 Å². The summed E-state index contributed by atoms with van der Waals surface area (Å²) in [6, 6.07) is 0. The quantitative estimate of drug-likeness (QED) is 0.820. The first-order valence-electron chi connectivity index (χ1n) is 6.68. The zero-order valence-corrected chi connectivity index (χ0v) is 10.8. The standard InChI is InChI=1S/C13H21NO4/c1-18-9-4-3-7-14(8-9)12(15)10-5-2-6-11(10)13(16)17/h9-11H,2-8H2,1H3,(H,16,17). The molecule has 1 aliphatic heterocycles. The molecule has 0 aromatic heterocycles. The van der Waals surface area contributed by atoms with E-state index in [1.807, 2.05) is 0 Å². The Morgan fingerprint density at radius 2 is 1.89 bits per heavy atom. The molecule has 1 saturated heterocycles. The Kier molecular flexibility index (Phi) is 4.22. The monoisotopic (exact) mass is 255 g/mol. The fourth-order valence-corrected chi connectivity index (χ4v) is 3.12. The first-order chi connectivity index (χ1) is 8.63. The van der Waals surface area contributed by atoms with E-state index >= 15 is 0 Å². The number of ether oxygens (including phenoxy) is 1. The molecule has 102 valence electrons. The van der Waals surface area contributed by atoms with Gasteiger partial charge in [0, 0.05) is 20.2 Å². The van der Waals surface area contributed by atoms with Crippen molar-refractivity contribution in [2.45, 2.75) is 38.2 Å². The van der Waals surface area contributed by atoms with Crippen LogP contribution < -0.4 is 0 Å². The number of hydrogen-bond donors (Lipinski definition) is 1. The Bertz CT molecular complexity index is 331. The summed E-state index contributed by atoms with van der Waals surface area (Å²) in [6.45, 7) is 1.35. The summed E-state index contributed by atoms with van der Waals surface area (Å²) in [5.74, 6) is -1.62. The molecule has 0 aromatic carbocycles. The highest BCUT2D eigenvalue weighted by Crippen LogP contribution is 2.34. The van der Waals surface area contributed by atoms with Crippen molar-refractivity contribution in [2.75, 3.05) is 20.2 Å². The van der Waals surface area contributed by atoms with Crippen LogP contribution in [-0.2, 0) is 14.3 Å². The van der Waals surface area contributed by atoms with Crippen molar-refractivity contribution >= 4 is 11.9 Å². The lowest BCUT2D eigenvalue weighted by molar-refractivity contribution is -0.150. The van der Waals surface area contributed by atoms with E-state index in [2.05, 4.69) is 0 Å². The maximum absolute atomic E-state index is 12.4. The van der Waals surface area contributed by atoms with E-state index in [0.29, 0.717) is 19.4 Å². The molecule has 1 saturated carbocycles. The van der Waals surface area contributed by atoms with Gasteiger partial charge in [-0.05, 0) is 25.7 Å². The van der Waals surface area contributed by atoms with Gasteiger partial charge in [0.1, 0.15) is 0 Å². The summed E-state index contributed by atoms with van der Waals surface area (Å²) in [5.41, 5.74) is 0. The molecule has 18 heavy (non-hydrogen) atoms. The molecule has 3 unspecified atom stereocenters. The van der Waals surface area contributed by atoms with Crippen LogP contribution in [0.1, 0.15) is 32.1 Å². The van der Waals surface area contributed by atoms with Crippen LogP contribution in [0.3, 0.4) is 0 Å². The molecule has 0 radical (unpaired) electrons. The van der Waals surface area contributed by atoms with Crippen LogP contribution in [0.5, 0.6) is 0 Å². The molecule has 2 aliphatic rings. The summed E-state index contributed by atoms with van der Waals surface area (Å²) in [4.78, 5) is 25.3. The number of likely N-dealkylation sites (tertiary alicyclic amines) is 1. The van der Waals surface area contributed by atoms with Gasteiger partial charge in [0.05, 0.1) is 17.9 Å². The molecule has 1 heterocycles. The number of carbonyl (C=O) groups is 2. The number of carboxylic acid groups (broad SMARTS) is 1. The molecule has 1 N–H and O–H groups in total. The lowest BCUT2D eigenvalue weighted by Crippen LogP contribution is -2.46. The third-order valence-electron chi connectivity index (χ3n) is 4.17. The summed E-state index contributed by atoms with van der Waals surface area (Å²) >= 11 is 0. The van der Waals surface area contributed by atoms with Crippen LogP contribution in [0.4, 0.5) is 0 Å². The molecule has 0 aromatic rings. The van der Waals surface area contributed by atoms with Gasteiger partial charge in [-0.2, -0.15) is 0 Å². The van der Waals surface area contributed by atoms with E-state index < -0.39 is 11.9 Å². The number of hydrogen-bond acceptors (Lipinski definition) is 3. The minimum Gasteiger partial charge on any atom is -0.481 e. The summed E-state index contributed by atoms with van der Waals surface area (Å²) in [7, 11) is 1.66. The minimum absolute atomic E-state index is 0.0154. The second-order valence-corrected chi connectivity index (χ2v) is 5.27. The first kappa shape index (κ1) is 13.3. The van der Waals surface area contributed by atoms with Gasteiger partial charge >= 0.3 is 5.97 Å². The van der Waals surface area contributed by atoms with Gasteiger partial charge in [0.25, 0.3) is 0 Å². The number of nitrogens with zero attached hydrogens (tertiary/aromatic N) is 1. The summed E-state index contributed by atoms with van der Waals surface area (Å²) < 4.78 is 5.30. The Morgan fingerprint density at radius 3 is 2.56 bits per heavy atom. The molecule has 1 aliphatic carbocycles. The zero-order chi connectivity index (χ0) is 13.1. The number of methoxy groups -OCH3 is 1. The smallest absolute Gasteiger partial charge is 0.307 e. The molecule has 5 nitrogen and oxygen atoms in total. The normalized spacial score (nSPS) is 32.5. The fourth-order valence-electron chi connectivity index (χ4n) is 3.12. The molecule has 0 bridgehead atoms. The molecular weight excluding hydrogens is 234 g/mol. The van der Waals surface area contributed by atoms with Gasteiger partial charge in [-0.1, -0.05) is 6.42 Å². The number of aliphatic carboxylic acids is 1. The number of amides is 1. The first-order valence-corrected chi connectivity index (χ1v) is 6.68. The van der Waals surface area contributed by atoms with Crippen molar-refractivity contribution in [3.63, 3.8) is 0 Å². The third kappa shape index (κ3) is 2.66. The van der Waals surface area contributed by atoms with E-state index in [1.165, 1.54) is 0 Å². The van der Waals surface area contributed by atoms with Crippen molar-refractivity contribution in [2.24, 2.45) is 11.8 Å². The highest BCUT2D eigenvalue weighted by Gasteiger charge is 2.40. The van der Waals surface area contributed by atoms with Gasteiger partial charge in [-0.3, -0.25) is 9.59 Å². The molecule has 5 heteroatoms. The van der Waals surface area contributed by atoms with Crippen molar-refractivity contribution in [3.8, 4) is 0 Å². The molecule has 3 atom stereocenters. The maximum atomic E-state index is 12.4. The van der Waals surface area contributed by atoms with E-state index in [-0.39, 0.29) is 17.9 Å². The summed E-state index contributed by atoms with van der Waals surface area (Å²) in [5, 5.41) is 9.13. The van der Waals surface area contributed by atoms with Gasteiger partial charge in [-0.25, -0.2) is 0 Å². The lowest BCUT2D eigenvalue weighted by atomic mass is 9.93. The van der Waals surface area contributed by atoms with Crippen LogP contribution in [0, 0.1) is 11.8 Å². The molecular formula is C13H21NO4. The van der Waals surface area contributed by atoms with E-state index in [1.54, 1.807) is 12.0 Å². The number of rotatable bonds is 3. The maximum Gasteiger partial charge on any atom is 0.307 e. The van der Waals surface area contributed by atoms with E-state index in [9.17, 15) is 9.59 Å². The Balaban J connectivity index is 1.99. The molecule has 2 fully saturated rings. The van der Waals surface area contributed by atoms with Gasteiger partial charge in [-0.15, -0.1) is 0 Å². The van der Waals surface area contributed by atoms with Crippen LogP contribution in [0.25, 0.3) is 0 Å². The Morgan fingerprint density at radius 1 is 1.17 bits per heavy atom. The number of carboxylic acids is 1. The van der Waals surface area contributed by atoms with Crippen LogP contribution in [-0.4, -0.2) is 48.2 Å². The van der Waals surface area contributed by atoms with Crippen molar-refractivity contribution in [1.29, 1.82) is 0 Å². The average Bonchev–Trinajstić information content (AvgIpc) is 2.87. The van der Waals surface area contributed by atoms with Gasteiger partial charge < -0.3 is 14.7 Å². The predicted octanol–water partition coefficient (Wildman–Crippen LogP) is 1.12. The highest BCUT2D eigenvalue weighted by atomic mass is 16.5. The molecule has 1 amide bonds. The van der Waals surface area contributed by atoms with E-state index in [4.69, 9.17) is 9.84 Å². The van der Waals surface area contributed by atoms with Gasteiger partial charge in [0.2, 0.25) is 5.91 Å². The number of carbonyl (C=O) groups excluding carboxylic acids is 1. The number of piperidine rings is 1. The molecule has 2 rings (SSSR count). The Hall–Kier alpha value is -1.10. The second kappa shape index (κ2) is 5.69. The SMILES string of the molecule is COC1CCCN(C(=O)C2CCCC2C(=O)O)C1. The summed E-state index contributed by atoms with van der Waals surface area (Å²) in [6.07, 6.45) is 4.21. The topological polar surface area (TPSA) is 66.8 Å². The average molecular weight is 255 g/mol. The van der Waals surface area contributed by atoms with E-state index in [0.717, 1.165) is 25.8 Å². The highest BCUT2D eigenvalue weighted by molar-refractivity contribution is 5.85. The lowest BCUT2D eigenvalue weighted by Gasteiger charge is -2.34. The minimum atomic E-state index is -0.828. The Labute approximate surface area is 107 Å². The zero-order valence-electron chi connectivity index (χ0n) is 10.8. The van der Waals surface area contributed by atoms with Crippen molar-refractivity contribution in [1.82, 2.24) is 4.90 Å². The van der Waals surface area contributed by atoms with Crippen molar-refractivity contribution < 1.29 is 19.4 Å². The predicted molar refractivity (Wildman–Crippen MR) is 65.1 cm³/mol. The molecule has 0 spiro atoms. The largest absolute Gasteiger partial charge is 0.481 e. The van der Waals surface area contributed by atoms with Crippen LogP contribution in [0.2, 0.25) is 0 Å². The second-order valence-electron chi connectivity index (χ2n) is 5.27. The third-order valence-corrected chi connectivity index (χ3v) is 4.17. The fraction of sp³-hybridized carbons (Fsp3) is 0.846. The van der Waals surface area contributed by atoms with Crippen LogP contribution >= 0.6 is 0 Å². The van der Waals surface area contributed by atoms with Crippen molar-refractivity contribution in [3.05, 3.63) is 0 Å².